The number of hydrogen-bond acceptors (Lipinski definition) is 3. The lowest BCUT2D eigenvalue weighted by Gasteiger charge is -2.37. The first-order valence-corrected chi connectivity index (χ1v) is 8.25. The van der Waals surface area contributed by atoms with E-state index in [0.29, 0.717) is 24.5 Å². The summed E-state index contributed by atoms with van der Waals surface area (Å²) in [5.41, 5.74) is 1.35. The van der Waals surface area contributed by atoms with Crippen molar-refractivity contribution in [2.45, 2.75) is 51.0 Å². The molecule has 0 aliphatic heterocycles. The molecule has 3 nitrogen and oxygen atoms in total. The van der Waals surface area contributed by atoms with Gasteiger partial charge in [-0.2, -0.15) is 0 Å². The van der Waals surface area contributed by atoms with Gasteiger partial charge in [-0.1, -0.05) is 31.5 Å². The Morgan fingerprint density at radius 1 is 1.29 bits per heavy atom. The van der Waals surface area contributed by atoms with Crippen molar-refractivity contribution in [1.82, 2.24) is 5.32 Å². The second-order valence-electron chi connectivity index (χ2n) is 6.18. The van der Waals surface area contributed by atoms with Crippen molar-refractivity contribution >= 4 is 0 Å². The Morgan fingerprint density at radius 3 is 2.71 bits per heavy atom. The highest BCUT2D eigenvalue weighted by Crippen LogP contribution is 2.40. The number of benzene rings is 1. The van der Waals surface area contributed by atoms with Gasteiger partial charge in [0.1, 0.15) is 5.75 Å². The minimum atomic E-state index is 0.306. The Labute approximate surface area is 128 Å². The van der Waals surface area contributed by atoms with Gasteiger partial charge in [-0.15, -0.1) is 0 Å². The largest absolute Gasteiger partial charge is 0.496 e. The van der Waals surface area contributed by atoms with Gasteiger partial charge in [0.2, 0.25) is 0 Å². The molecule has 1 saturated carbocycles. The molecular weight excluding hydrogens is 262 g/mol. The van der Waals surface area contributed by atoms with E-state index >= 15 is 0 Å². The van der Waals surface area contributed by atoms with Crippen LogP contribution in [0.15, 0.2) is 24.3 Å². The van der Waals surface area contributed by atoms with Crippen LogP contribution in [0.4, 0.5) is 0 Å². The molecule has 3 heteroatoms. The van der Waals surface area contributed by atoms with Crippen LogP contribution in [-0.4, -0.2) is 31.4 Å². The molecule has 118 valence electrons. The maximum Gasteiger partial charge on any atom is 0.122 e. The van der Waals surface area contributed by atoms with Gasteiger partial charge in [0.05, 0.1) is 7.11 Å². The van der Waals surface area contributed by atoms with Crippen molar-refractivity contribution in [2.24, 2.45) is 5.92 Å². The van der Waals surface area contributed by atoms with Crippen molar-refractivity contribution in [3.8, 4) is 5.75 Å². The summed E-state index contributed by atoms with van der Waals surface area (Å²) in [6.45, 7) is 3.56. The van der Waals surface area contributed by atoms with Gasteiger partial charge in [0, 0.05) is 12.6 Å². The van der Waals surface area contributed by atoms with E-state index in [9.17, 15) is 0 Å². The highest BCUT2D eigenvalue weighted by Gasteiger charge is 2.31. The zero-order valence-corrected chi connectivity index (χ0v) is 13.3. The van der Waals surface area contributed by atoms with Crippen LogP contribution in [0, 0.1) is 5.92 Å². The first kappa shape index (κ1) is 16.3. The van der Waals surface area contributed by atoms with Crippen LogP contribution >= 0.6 is 0 Å². The zero-order chi connectivity index (χ0) is 15.1. The fraction of sp³-hybridized carbons (Fsp3) is 0.667. The number of nitrogens with one attached hydrogen (secondary N) is 1. The molecule has 0 aromatic heterocycles. The van der Waals surface area contributed by atoms with Gasteiger partial charge in [-0.05, 0) is 55.7 Å². The normalized spacial score (nSPS) is 22.6. The quantitative estimate of drug-likeness (QED) is 0.733. The van der Waals surface area contributed by atoms with E-state index in [1.807, 2.05) is 6.07 Å². The Kier molecular flexibility index (Phi) is 6.52. The van der Waals surface area contributed by atoms with Crippen molar-refractivity contribution in [3.05, 3.63) is 29.8 Å². The van der Waals surface area contributed by atoms with Gasteiger partial charge in [0.25, 0.3) is 0 Å². The van der Waals surface area contributed by atoms with E-state index in [0.717, 1.165) is 18.7 Å². The van der Waals surface area contributed by atoms with Crippen LogP contribution in [0.25, 0.3) is 0 Å². The summed E-state index contributed by atoms with van der Waals surface area (Å²) in [6.07, 6.45) is 5.71. The van der Waals surface area contributed by atoms with E-state index in [-0.39, 0.29) is 0 Å². The van der Waals surface area contributed by atoms with Crippen molar-refractivity contribution in [1.29, 1.82) is 0 Å². The fourth-order valence-electron chi connectivity index (χ4n) is 3.31. The maximum atomic E-state index is 9.11. The molecule has 0 amide bonds. The van der Waals surface area contributed by atoms with Crippen LogP contribution < -0.4 is 10.1 Å². The van der Waals surface area contributed by atoms with Gasteiger partial charge in [-0.25, -0.2) is 0 Å². The molecule has 0 spiro atoms. The van der Waals surface area contributed by atoms with Crippen molar-refractivity contribution in [2.75, 3.05) is 20.3 Å². The van der Waals surface area contributed by atoms with Crippen LogP contribution in [0.2, 0.25) is 0 Å². The number of methoxy groups -OCH3 is 1. The topological polar surface area (TPSA) is 41.5 Å². The van der Waals surface area contributed by atoms with Crippen LogP contribution in [-0.2, 0) is 0 Å². The molecule has 0 bridgehead atoms. The molecule has 2 N–H and O–H groups in total. The van der Waals surface area contributed by atoms with Gasteiger partial charge >= 0.3 is 0 Å². The maximum absolute atomic E-state index is 9.11. The van der Waals surface area contributed by atoms with E-state index in [4.69, 9.17) is 9.84 Å². The molecule has 21 heavy (non-hydrogen) atoms. The number of aliphatic hydroxyl groups excluding tert-OH is 1. The molecule has 0 heterocycles. The Balaban J connectivity index is 1.76. The molecule has 1 aromatic rings. The highest BCUT2D eigenvalue weighted by atomic mass is 16.5. The number of aliphatic hydroxyl groups is 1. The van der Waals surface area contributed by atoms with Crippen LogP contribution in [0.1, 0.15) is 50.5 Å². The van der Waals surface area contributed by atoms with E-state index < -0.39 is 0 Å². The van der Waals surface area contributed by atoms with Crippen molar-refractivity contribution in [3.63, 3.8) is 0 Å². The molecule has 1 fully saturated rings. The summed E-state index contributed by atoms with van der Waals surface area (Å²) in [6, 6.07) is 8.98. The number of hydrogen-bond donors (Lipinski definition) is 2. The van der Waals surface area contributed by atoms with Crippen molar-refractivity contribution < 1.29 is 9.84 Å². The molecule has 1 aliphatic rings. The van der Waals surface area contributed by atoms with Gasteiger partial charge in [0.15, 0.2) is 0 Å². The van der Waals surface area contributed by atoms with Crippen LogP contribution in [0.3, 0.4) is 0 Å². The fourth-order valence-corrected chi connectivity index (χ4v) is 3.31. The minimum absolute atomic E-state index is 0.306. The monoisotopic (exact) mass is 291 g/mol. The Bertz CT molecular complexity index is 409. The number of ether oxygens (including phenoxy) is 1. The summed E-state index contributed by atoms with van der Waals surface area (Å²) in [7, 11) is 1.75. The van der Waals surface area contributed by atoms with E-state index in [2.05, 4.69) is 30.4 Å². The third-order valence-corrected chi connectivity index (χ3v) is 4.65. The van der Waals surface area contributed by atoms with Gasteiger partial charge in [-0.3, -0.25) is 0 Å². The molecule has 0 radical (unpaired) electrons. The third kappa shape index (κ3) is 4.45. The summed E-state index contributed by atoms with van der Waals surface area (Å²) in [4.78, 5) is 0. The minimum Gasteiger partial charge on any atom is -0.496 e. The molecule has 0 saturated heterocycles. The van der Waals surface area contributed by atoms with E-state index in [1.165, 1.54) is 31.2 Å². The average Bonchev–Trinajstić information content (AvgIpc) is 2.46. The lowest BCUT2D eigenvalue weighted by Crippen LogP contribution is -2.42. The Hall–Kier alpha value is -1.06. The molecule has 1 aromatic carbocycles. The second-order valence-corrected chi connectivity index (χ2v) is 6.18. The molecular formula is C18H29NO2. The molecule has 1 aliphatic carbocycles. The summed E-state index contributed by atoms with van der Waals surface area (Å²) in [5, 5.41) is 12.8. The van der Waals surface area contributed by atoms with Gasteiger partial charge < -0.3 is 15.2 Å². The zero-order valence-electron chi connectivity index (χ0n) is 13.3. The third-order valence-electron chi connectivity index (χ3n) is 4.65. The summed E-state index contributed by atoms with van der Waals surface area (Å²) < 4.78 is 5.45. The highest BCUT2D eigenvalue weighted by molar-refractivity contribution is 5.37. The molecule has 1 atom stereocenters. The molecule has 1 unspecified atom stereocenters. The standard InChI is InChI=1S/C18H29NO2/c1-3-6-14(9-10-20)13-19-16-11-15(12-16)17-7-4-5-8-18(17)21-2/h4-5,7-8,14-16,19-20H,3,6,9-13H2,1-2H3. The first-order chi connectivity index (χ1) is 10.3. The summed E-state index contributed by atoms with van der Waals surface area (Å²) >= 11 is 0. The Morgan fingerprint density at radius 2 is 2.05 bits per heavy atom. The first-order valence-electron chi connectivity index (χ1n) is 8.25. The molecule has 2 rings (SSSR count). The predicted octanol–water partition coefficient (Wildman–Crippen LogP) is 3.33. The SMILES string of the molecule is CCCC(CCO)CNC1CC(c2ccccc2OC)C1. The number of para-hydroxylation sites is 1. The lowest BCUT2D eigenvalue weighted by molar-refractivity contribution is 0.227. The van der Waals surface area contributed by atoms with E-state index in [1.54, 1.807) is 7.11 Å². The second kappa shape index (κ2) is 8.40. The smallest absolute Gasteiger partial charge is 0.122 e. The average molecular weight is 291 g/mol. The predicted molar refractivity (Wildman–Crippen MR) is 86.9 cm³/mol. The number of rotatable bonds is 9. The summed E-state index contributed by atoms with van der Waals surface area (Å²) in [5.74, 6) is 2.26. The lowest BCUT2D eigenvalue weighted by atomic mass is 9.75. The van der Waals surface area contributed by atoms with Crippen LogP contribution in [0.5, 0.6) is 5.75 Å².